The van der Waals surface area contributed by atoms with E-state index in [-0.39, 0.29) is 12.0 Å². The van der Waals surface area contributed by atoms with Crippen LogP contribution in [0.1, 0.15) is 69.2 Å². The van der Waals surface area contributed by atoms with Gasteiger partial charge in [-0.15, -0.1) is 0 Å². The smallest absolute Gasteiger partial charge is 0.241 e. The molecule has 1 aliphatic heterocycles. The number of methoxy groups -OCH3 is 1. The lowest BCUT2D eigenvalue weighted by atomic mass is 9.99. The average Bonchev–Trinajstić information content (AvgIpc) is 2.72. The summed E-state index contributed by atoms with van der Waals surface area (Å²) >= 11 is 0. The highest BCUT2D eigenvalue weighted by Crippen LogP contribution is 2.32. The molecule has 0 spiro atoms. The van der Waals surface area contributed by atoms with Gasteiger partial charge in [0.2, 0.25) is 10.0 Å². The van der Waals surface area contributed by atoms with Crippen LogP contribution in [0.2, 0.25) is 0 Å². The summed E-state index contributed by atoms with van der Waals surface area (Å²) in [5, 5.41) is 0. The highest BCUT2D eigenvalue weighted by Gasteiger charge is 2.24. The molecule has 5 nitrogen and oxygen atoms in total. The molecule has 1 heterocycles. The average molecular weight is 445 g/mol. The van der Waals surface area contributed by atoms with Gasteiger partial charge in [-0.25, -0.2) is 13.1 Å². The van der Waals surface area contributed by atoms with Crippen molar-refractivity contribution >= 4 is 15.7 Å². The van der Waals surface area contributed by atoms with E-state index >= 15 is 0 Å². The number of nitrogens with zero attached hydrogens (tertiary/aromatic N) is 1. The van der Waals surface area contributed by atoms with Crippen molar-refractivity contribution < 1.29 is 13.2 Å². The van der Waals surface area contributed by atoms with Gasteiger partial charge in [0.1, 0.15) is 5.75 Å². The summed E-state index contributed by atoms with van der Waals surface area (Å²) in [5.74, 6) is 1.59. The number of hydrogen-bond acceptors (Lipinski definition) is 4. The maximum Gasteiger partial charge on any atom is 0.241 e. The lowest BCUT2D eigenvalue weighted by Gasteiger charge is -2.33. The Kier molecular flexibility index (Phi) is 7.32. The minimum atomic E-state index is -3.67. The van der Waals surface area contributed by atoms with E-state index in [0.717, 1.165) is 30.0 Å². The molecule has 1 fully saturated rings. The Bertz CT molecular complexity index is 1000. The molecule has 2 aromatic carbocycles. The second kappa shape index (κ2) is 9.61. The second-order valence-electron chi connectivity index (χ2n) is 9.14. The zero-order chi connectivity index (χ0) is 22.8. The van der Waals surface area contributed by atoms with Crippen LogP contribution in [0, 0.1) is 12.8 Å². The first-order valence-corrected chi connectivity index (χ1v) is 12.7. The number of ether oxygens (including phenoxy) is 1. The minimum Gasteiger partial charge on any atom is -0.496 e. The van der Waals surface area contributed by atoms with Crippen molar-refractivity contribution in [1.29, 1.82) is 0 Å². The predicted molar refractivity (Wildman–Crippen MR) is 128 cm³/mol. The number of aryl methyl sites for hydroxylation is 1. The van der Waals surface area contributed by atoms with E-state index in [0.29, 0.717) is 16.4 Å². The van der Waals surface area contributed by atoms with Crippen molar-refractivity contribution in [2.45, 2.75) is 64.3 Å². The predicted octanol–water partition coefficient (Wildman–Crippen LogP) is 5.40. The fraction of sp³-hybridized carbons (Fsp3) is 0.520. The SMILES string of the molecule is COc1cc(C)c(S(=O)(=O)NC(C)c2ccc(N3CCCC(C)C3)cc2)cc1C(C)C. The minimum absolute atomic E-state index is 0.159. The molecule has 31 heavy (non-hydrogen) atoms. The van der Waals surface area contributed by atoms with Gasteiger partial charge in [-0.05, 0) is 79.5 Å². The van der Waals surface area contributed by atoms with Gasteiger partial charge in [-0.3, -0.25) is 0 Å². The van der Waals surface area contributed by atoms with Gasteiger partial charge in [-0.1, -0.05) is 32.9 Å². The summed E-state index contributed by atoms with van der Waals surface area (Å²) in [5.41, 5.74) is 3.72. The van der Waals surface area contributed by atoms with Crippen molar-refractivity contribution in [3.63, 3.8) is 0 Å². The highest BCUT2D eigenvalue weighted by molar-refractivity contribution is 7.89. The first-order chi connectivity index (χ1) is 14.6. The Morgan fingerprint density at radius 1 is 1.13 bits per heavy atom. The molecular formula is C25H36N2O3S. The molecule has 0 saturated carbocycles. The molecule has 170 valence electrons. The van der Waals surface area contributed by atoms with Gasteiger partial charge in [0.05, 0.1) is 12.0 Å². The normalized spacial score (nSPS) is 18.3. The van der Waals surface area contributed by atoms with Gasteiger partial charge in [0.25, 0.3) is 0 Å². The Labute approximate surface area is 187 Å². The lowest BCUT2D eigenvalue weighted by Crippen LogP contribution is -2.34. The van der Waals surface area contributed by atoms with Crippen LogP contribution in [-0.4, -0.2) is 28.6 Å². The first kappa shape index (κ1) is 23.6. The molecule has 0 aromatic heterocycles. The lowest BCUT2D eigenvalue weighted by molar-refractivity contribution is 0.406. The quantitative estimate of drug-likeness (QED) is 0.621. The van der Waals surface area contributed by atoms with Crippen LogP contribution in [0.5, 0.6) is 5.75 Å². The topological polar surface area (TPSA) is 58.6 Å². The van der Waals surface area contributed by atoms with Crippen molar-refractivity contribution in [3.05, 3.63) is 53.1 Å². The van der Waals surface area contributed by atoms with Crippen LogP contribution in [0.15, 0.2) is 41.3 Å². The third-order valence-corrected chi connectivity index (χ3v) is 7.87. The van der Waals surface area contributed by atoms with Gasteiger partial charge in [0.15, 0.2) is 0 Å². The third kappa shape index (κ3) is 5.42. The van der Waals surface area contributed by atoms with Gasteiger partial charge >= 0.3 is 0 Å². The molecule has 0 radical (unpaired) electrons. The van der Waals surface area contributed by atoms with E-state index in [2.05, 4.69) is 28.7 Å². The molecule has 1 aliphatic rings. The Morgan fingerprint density at radius 2 is 1.81 bits per heavy atom. The molecule has 0 bridgehead atoms. The number of rotatable bonds is 7. The first-order valence-electron chi connectivity index (χ1n) is 11.2. The molecule has 6 heteroatoms. The molecule has 1 saturated heterocycles. The van der Waals surface area contributed by atoms with E-state index in [9.17, 15) is 8.42 Å². The fourth-order valence-corrected chi connectivity index (χ4v) is 5.85. The number of piperidine rings is 1. The summed E-state index contributed by atoms with van der Waals surface area (Å²) in [6.45, 7) is 12.2. The molecule has 2 atom stereocenters. The molecule has 2 unspecified atom stereocenters. The van der Waals surface area contributed by atoms with Crippen LogP contribution in [0.3, 0.4) is 0 Å². The number of sulfonamides is 1. The summed E-state index contributed by atoms with van der Waals surface area (Å²) < 4.78 is 34.7. The third-order valence-electron chi connectivity index (χ3n) is 6.19. The van der Waals surface area contributed by atoms with Crippen molar-refractivity contribution in [2.24, 2.45) is 5.92 Å². The van der Waals surface area contributed by atoms with Gasteiger partial charge in [0, 0.05) is 24.8 Å². The van der Waals surface area contributed by atoms with Crippen LogP contribution in [0.4, 0.5) is 5.69 Å². The zero-order valence-electron chi connectivity index (χ0n) is 19.6. The highest BCUT2D eigenvalue weighted by atomic mass is 32.2. The van der Waals surface area contributed by atoms with E-state index in [1.807, 2.05) is 39.0 Å². The van der Waals surface area contributed by atoms with Crippen molar-refractivity contribution in [2.75, 3.05) is 25.1 Å². The Morgan fingerprint density at radius 3 is 2.39 bits per heavy atom. The van der Waals surface area contributed by atoms with E-state index in [1.165, 1.54) is 18.5 Å². The largest absolute Gasteiger partial charge is 0.496 e. The van der Waals surface area contributed by atoms with Gasteiger partial charge in [-0.2, -0.15) is 0 Å². The summed E-state index contributed by atoms with van der Waals surface area (Å²) in [4.78, 5) is 2.73. The Hall–Kier alpha value is -2.05. The molecule has 3 rings (SSSR count). The van der Waals surface area contributed by atoms with Crippen LogP contribution in [-0.2, 0) is 10.0 Å². The van der Waals surface area contributed by atoms with Crippen LogP contribution in [0.25, 0.3) is 0 Å². The van der Waals surface area contributed by atoms with Crippen LogP contribution < -0.4 is 14.4 Å². The molecule has 1 N–H and O–H groups in total. The fourth-order valence-electron chi connectivity index (χ4n) is 4.36. The summed E-state index contributed by atoms with van der Waals surface area (Å²) in [6.07, 6.45) is 2.51. The zero-order valence-corrected chi connectivity index (χ0v) is 20.4. The molecule has 0 amide bonds. The van der Waals surface area contributed by atoms with Gasteiger partial charge < -0.3 is 9.64 Å². The van der Waals surface area contributed by atoms with E-state index in [4.69, 9.17) is 4.74 Å². The number of nitrogens with one attached hydrogen (secondary N) is 1. The number of benzene rings is 2. The summed E-state index contributed by atoms with van der Waals surface area (Å²) in [6, 6.07) is 11.5. The van der Waals surface area contributed by atoms with Crippen molar-refractivity contribution in [1.82, 2.24) is 4.72 Å². The molecular weight excluding hydrogens is 408 g/mol. The standard InChI is InChI=1S/C25H36N2O3S/c1-17(2)23-15-25(19(4)14-24(23)30-6)31(28,29)26-20(5)21-9-11-22(12-10-21)27-13-7-8-18(3)16-27/h9-12,14-15,17-18,20,26H,7-8,13,16H2,1-6H3. The second-order valence-corrected chi connectivity index (χ2v) is 10.8. The van der Waals surface area contributed by atoms with Crippen molar-refractivity contribution in [3.8, 4) is 5.75 Å². The monoisotopic (exact) mass is 444 g/mol. The maximum atomic E-state index is 13.2. The Balaban J connectivity index is 1.79. The summed E-state index contributed by atoms with van der Waals surface area (Å²) in [7, 11) is -2.06. The van der Waals surface area contributed by atoms with Crippen LogP contribution >= 0.6 is 0 Å². The molecule has 2 aromatic rings. The number of anilines is 1. The number of hydrogen-bond donors (Lipinski definition) is 1. The van der Waals surface area contributed by atoms with E-state index in [1.54, 1.807) is 20.1 Å². The van der Waals surface area contributed by atoms with E-state index < -0.39 is 10.0 Å². The molecule has 0 aliphatic carbocycles. The maximum absolute atomic E-state index is 13.2.